The minimum absolute atomic E-state index is 0.546. The van der Waals surface area contributed by atoms with Crippen LogP contribution in [0.5, 0.6) is 0 Å². The van der Waals surface area contributed by atoms with Gasteiger partial charge in [-0.25, -0.2) is 0 Å². The van der Waals surface area contributed by atoms with Crippen LogP contribution in [0.1, 0.15) is 39.5 Å². The van der Waals surface area contributed by atoms with Crippen LogP contribution in [0.3, 0.4) is 0 Å². The monoisotopic (exact) mass is 303 g/mol. The molecule has 1 rings (SSSR count). The summed E-state index contributed by atoms with van der Waals surface area (Å²) in [5, 5.41) is 4.32. The molecule has 0 saturated carbocycles. The third-order valence-corrected chi connectivity index (χ3v) is 3.98. The third-order valence-electron chi connectivity index (χ3n) is 2.59. The summed E-state index contributed by atoms with van der Waals surface area (Å²) in [6, 6.07) is 6.48. The molecule has 0 radical (unpaired) electrons. The van der Waals surface area contributed by atoms with Crippen molar-refractivity contribution >= 4 is 33.2 Å². The smallest absolute Gasteiger partial charge is 0.0593 e. The van der Waals surface area contributed by atoms with E-state index < -0.39 is 0 Å². The van der Waals surface area contributed by atoms with E-state index in [0.717, 1.165) is 15.2 Å². The molecule has 0 aliphatic carbocycles. The predicted octanol–water partition coefficient (Wildman–Crippen LogP) is 5.48. The Hall–Kier alpha value is -0.210. The maximum Gasteiger partial charge on any atom is 0.0593 e. The molecule has 0 amide bonds. The first kappa shape index (κ1) is 13.9. The van der Waals surface area contributed by atoms with Gasteiger partial charge in [0.1, 0.15) is 0 Å². The molecule has 0 aliphatic rings. The predicted molar refractivity (Wildman–Crippen MR) is 76.4 cm³/mol. The molecule has 90 valence electrons. The number of hydrogen-bond donors (Lipinski definition) is 1. The van der Waals surface area contributed by atoms with Crippen LogP contribution in [0.4, 0.5) is 5.69 Å². The van der Waals surface area contributed by atoms with E-state index in [1.165, 1.54) is 25.7 Å². The molecule has 0 spiro atoms. The SMILES string of the molecule is CCCC(CCC)Nc1cccc(Cl)c1Br. The second-order valence-corrected chi connectivity index (χ2v) is 5.22. The number of rotatable bonds is 6. The molecular formula is C13H19BrClN. The Morgan fingerprint density at radius 2 is 1.88 bits per heavy atom. The molecule has 0 aromatic heterocycles. The van der Waals surface area contributed by atoms with Crippen LogP contribution in [0, 0.1) is 0 Å². The van der Waals surface area contributed by atoms with Crippen LogP contribution in [-0.4, -0.2) is 6.04 Å². The zero-order valence-corrected chi connectivity index (χ0v) is 12.2. The molecule has 1 aromatic rings. The van der Waals surface area contributed by atoms with E-state index in [1.807, 2.05) is 12.1 Å². The van der Waals surface area contributed by atoms with E-state index >= 15 is 0 Å². The van der Waals surface area contributed by atoms with Crippen molar-refractivity contribution in [1.82, 2.24) is 0 Å². The Kier molecular flexibility index (Phi) is 6.22. The van der Waals surface area contributed by atoms with Gasteiger partial charge in [0, 0.05) is 6.04 Å². The lowest BCUT2D eigenvalue weighted by Gasteiger charge is -2.20. The highest BCUT2D eigenvalue weighted by atomic mass is 79.9. The largest absolute Gasteiger partial charge is 0.381 e. The first-order chi connectivity index (χ1) is 7.69. The second kappa shape index (κ2) is 7.18. The molecule has 1 aromatic carbocycles. The summed E-state index contributed by atoms with van der Waals surface area (Å²) < 4.78 is 0.967. The molecule has 1 nitrogen and oxygen atoms in total. The summed E-state index contributed by atoms with van der Waals surface area (Å²) in [5.74, 6) is 0. The van der Waals surface area contributed by atoms with Gasteiger partial charge in [-0.1, -0.05) is 44.4 Å². The maximum absolute atomic E-state index is 6.06. The summed E-state index contributed by atoms with van der Waals surface area (Å²) >= 11 is 9.58. The van der Waals surface area contributed by atoms with Gasteiger partial charge in [0.05, 0.1) is 15.2 Å². The fourth-order valence-electron chi connectivity index (χ4n) is 1.82. The molecule has 0 heterocycles. The van der Waals surface area contributed by atoms with Crippen molar-refractivity contribution in [1.29, 1.82) is 0 Å². The summed E-state index contributed by atoms with van der Waals surface area (Å²) in [7, 11) is 0. The summed E-state index contributed by atoms with van der Waals surface area (Å²) in [6.07, 6.45) is 4.81. The van der Waals surface area contributed by atoms with E-state index in [1.54, 1.807) is 0 Å². The zero-order chi connectivity index (χ0) is 12.0. The van der Waals surface area contributed by atoms with E-state index in [2.05, 4.69) is 41.2 Å². The van der Waals surface area contributed by atoms with Crippen LogP contribution in [0.2, 0.25) is 5.02 Å². The van der Waals surface area contributed by atoms with Gasteiger partial charge in [0.15, 0.2) is 0 Å². The number of anilines is 1. The highest BCUT2D eigenvalue weighted by Gasteiger charge is 2.09. The number of hydrogen-bond acceptors (Lipinski definition) is 1. The topological polar surface area (TPSA) is 12.0 Å². The summed E-state index contributed by atoms with van der Waals surface area (Å²) in [6.45, 7) is 4.44. The Morgan fingerprint density at radius 1 is 1.25 bits per heavy atom. The first-order valence-electron chi connectivity index (χ1n) is 5.89. The van der Waals surface area contributed by atoms with Gasteiger partial charge < -0.3 is 5.32 Å². The normalized spacial score (nSPS) is 10.8. The number of halogens is 2. The molecule has 0 atom stereocenters. The minimum Gasteiger partial charge on any atom is -0.381 e. The highest BCUT2D eigenvalue weighted by molar-refractivity contribution is 9.10. The van der Waals surface area contributed by atoms with Crippen molar-refractivity contribution in [3.8, 4) is 0 Å². The van der Waals surface area contributed by atoms with E-state index in [4.69, 9.17) is 11.6 Å². The molecule has 0 bridgehead atoms. The van der Waals surface area contributed by atoms with Crippen LogP contribution in [0.25, 0.3) is 0 Å². The molecule has 0 aliphatic heterocycles. The maximum atomic E-state index is 6.06. The molecule has 3 heteroatoms. The van der Waals surface area contributed by atoms with Crippen molar-refractivity contribution in [2.75, 3.05) is 5.32 Å². The minimum atomic E-state index is 0.546. The van der Waals surface area contributed by atoms with Gasteiger partial charge in [-0.2, -0.15) is 0 Å². The number of benzene rings is 1. The van der Waals surface area contributed by atoms with Crippen molar-refractivity contribution in [2.45, 2.75) is 45.6 Å². The Bertz CT molecular complexity index is 322. The van der Waals surface area contributed by atoms with Crippen LogP contribution >= 0.6 is 27.5 Å². The second-order valence-electron chi connectivity index (χ2n) is 4.02. The van der Waals surface area contributed by atoms with Crippen LogP contribution in [0.15, 0.2) is 22.7 Å². The molecule has 0 fully saturated rings. The Morgan fingerprint density at radius 3 is 2.44 bits per heavy atom. The van der Waals surface area contributed by atoms with Gasteiger partial charge in [-0.05, 0) is 40.9 Å². The summed E-state index contributed by atoms with van der Waals surface area (Å²) in [4.78, 5) is 0. The highest BCUT2D eigenvalue weighted by Crippen LogP contribution is 2.31. The summed E-state index contributed by atoms with van der Waals surface area (Å²) in [5.41, 5.74) is 1.10. The van der Waals surface area contributed by atoms with Gasteiger partial charge in [0.2, 0.25) is 0 Å². The van der Waals surface area contributed by atoms with Crippen LogP contribution in [-0.2, 0) is 0 Å². The fraction of sp³-hybridized carbons (Fsp3) is 0.538. The third kappa shape index (κ3) is 3.99. The van der Waals surface area contributed by atoms with Crippen LogP contribution < -0.4 is 5.32 Å². The Labute approximate surface area is 112 Å². The lowest BCUT2D eigenvalue weighted by molar-refractivity contribution is 0.586. The molecule has 1 N–H and O–H groups in total. The van der Waals surface area contributed by atoms with Crippen molar-refractivity contribution in [3.63, 3.8) is 0 Å². The van der Waals surface area contributed by atoms with Gasteiger partial charge >= 0.3 is 0 Å². The number of nitrogens with one attached hydrogen (secondary N) is 1. The molecule has 0 saturated heterocycles. The molecule has 0 unspecified atom stereocenters. The lowest BCUT2D eigenvalue weighted by Crippen LogP contribution is -2.19. The van der Waals surface area contributed by atoms with E-state index in [-0.39, 0.29) is 0 Å². The quantitative estimate of drug-likeness (QED) is 0.733. The average Bonchev–Trinajstić information content (AvgIpc) is 2.25. The standard InChI is InChI=1S/C13H19BrClN/c1-3-6-10(7-4-2)16-12-9-5-8-11(15)13(12)14/h5,8-10,16H,3-4,6-7H2,1-2H3. The van der Waals surface area contributed by atoms with Gasteiger partial charge in [-0.15, -0.1) is 0 Å². The van der Waals surface area contributed by atoms with Gasteiger partial charge in [-0.3, -0.25) is 0 Å². The molecular weight excluding hydrogens is 286 g/mol. The first-order valence-corrected chi connectivity index (χ1v) is 7.06. The molecule has 16 heavy (non-hydrogen) atoms. The van der Waals surface area contributed by atoms with E-state index in [9.17, 15) is 0 Å². The fourth-order valence-corrected chi connectivity index (χ4v) is 2.37. The lowest BCUT2D eigenvalue weighted by atomic mass is 10.1. The Balaban J connectivity index is 2.72. The average molecular weight is 305 g/mol. The van der Waals surface area contributed by atoms with Crippen molar-refractivity contribution in [3.05, 3.63) is 27.7 Å². The zero-order valence-electron chi connectivity index (χ0n) is 9.89. The van der Waals surface area contributed by atoms with E-state index in [0.29, 0.717) is 6.04 Å². The van der Waals surface area contributed by atoms with Gasteiger partial charge in [0.25, 0.3) is 0 Å². The van der Waals surface area contributed by atoms with Crippen molar-refractivity contribution in [2.24, 2.45) is 0 Å². The van der Waals surface area contributed by atoms with Crippen molar-refractivity contribution < 1.29 is 0 Å².